The van der Waals surface area contributed by atoms with Gasteiger partial charge in [-0.05, 0) is 46.3 Å². The molecule has 0 aromatic heterocycles. The van der Waals surface area contributed by atoms with Crippen molar-refractivity contribution in [3.05, 3.63) is 117 Å². The van der Waals surface area contributed by atoms with Crippen LogP contribution in [0.15, 0.2) is 89.4 Å². The van der Waals surface area contributed by atoms with Gasteiger partial charge in [-0.25, -0.2) is 0 Å². The van der Waals surface area contributed by atoms with E-state index >= 15 is 0 Å². The molecule has 0 spiro atoms. The Morgan fingerprint density at radius 3 is 2.09 bits per heavy atom. The van der Waals surface area contributed by atoms with Crippen LogP contribution >= 0.6 is 15.9 Å². The third-order valence-corrected chi connectivity index (χ3v) is 6.19. The molecule has 3 N–H and O–H groups in total. The number of para-hydroxylation sites is 2. The lowest BCUT2D eigenvalue weighted by molar-refractivity contribution is 0.0979. The lowest BCUT2D eigenvalue weighted by Gasteiger charge is -2.23. The second-order valence-corrected chi connectivity index (χ2v) is 8.49. The largest absolute Gasteiger partial charge is 0.457 e. The maximum atomic E-state index is 13.4. The zero-order valence-corrected chi connectivity index (χ0v) is 19.3. The van der Waals surface area contributed by atoms with E-state index in [0.717, 1.165) is 0 Å². The van der Waals surface area contributed by atoms with Gasteiger partial charge in [-0.15, -0.1) is 0 Å². The Balaban J connectivity index is 1.56. The molecule has 7 heteroatoms. The molecule has 1 aliphatic carbocycles. The highest BCUT2D eigenvalue weighted by molar-refractivity contribution is 9.10. The van der Waals surface area contributed by atoms with Crippen molar-refractivity contribution in [2.75, 3.05) is 11.1 Å². The zero-order chi connectivity index (χ0) is 23.8. The van der Waals surface area contributed by atoms with Crippen LogP contribution in [0.1, 0.15) is 42.2 Å². The zero-order valence-electron chi connectivity index (χ0n) is 17.7. The molecule has 0 aliphatic heterocycles. The van der Waals surface area contributed by atoms with Gasteiger partial charge in [0.05, 0.1) is 28.1 Å². The molecule has 166 valence electrons. The highest BCUT2D eigenvalue weighted by Gasteiger charge is 2.35. The Kier molecular flexibility index (Phi) is 5.47. The maximum absolute atomic E-state index is 13.4. The number of amides is 1. The molecule has 0 heterocycles. The molecule has 0 bridgehead atoms. The standard InChI is InChI=1S/C27H17BrN2O4/c28-19-14-20(22-23(24(19)29)26(32)17-11-5-4-10-16(17)25(22)31)30-27(33)18-12-6-7-13-21(18)34-15-8-2-1-3-9-15/h1-14H,29H2,(H,30,33). The van der Waals surface area contributed by atoms with Gasteiger partial charge in [-0.1, -0.05) is 54.6 Å². The van der Waals surface area contributed by atoms with Gasteiger partial charge < -0.3 is 15.8 Å². The van der Waals surface area contributed by atoms with Crippen molar-refractivity contribution in [1.82, 2.24) is 0 Å². The summed E-state index contributed by atoms with van der Waals surface area (Å²) in [5.74, 6) is -0.319. The second kappa shape index (κ2) is 8.61. The molecule has 6 nitrogen and oxygen atoms in total. The molecule has 0 fully saturated rings. The number of carbonyl (C=O) groups is 3. The van der Waals surface area contributed by atoms with Crippen molar-refractivity contribution in [2.45, 2.75) is 0 Å². The highest BCUT2D eigenvalue weighted by atomic mass is 79.9. The molecule has 4 aromatic rings. The molecule has 5 rings (SSSR count). The molecule has 0 unspecified atom stereocenters. The van der Waals surface area contributed by atoms with Crippen LogP contribution in [0, 0.1) is 0 Å². The van der Waals surface area contributed by atoms with Gasteiger partial charge in [0.1, 0.15) is 11.5 Å². The summed E-state index contributed by atoms with van der Waals surface area (Å²) >= 11 is 3.35. The van der Waals surface area contributed by atoms with Crippen LogP contribution in [0.2, 0.25) is 0 Å². The van der Waals surface area contributed by atoms with Crippen molar-refractivity contribution >= 4 is 44.8 Å². The smallest absolute Gasteiger partial charge is 0.259 e. The number of ketones is 2. The Labute approximate surface area is 203 Å². The van der Waals surface area contributed by atoms with Crippen LogP contribution in [0.5, 0.6) is 11.5 Å². The predicted octanol–water partition coefficient (Wildman–Crippen LogP) is 5.85. The molecular formula is C27H17BrN2O4. The van der Waals surface area contributed by atoms with Gasteiger partial charge in [0.2, 0.25) is 0 Å². The van der Waals surface area contributed by atoms with Crippen LogP contribution in [-0.2, 0) is 0 Å². The second-order valence-electron chi connectivity index (χ2n) is 7.64. The van der Waals surface area contributed by atoms with Gasteiger partial charge in [0.25, 0.3) is 5.91 Å². The van der Waals surface area contributed by atoms with E-state index in [1.807, 2.05) is 18.2 Å². The van der Waals surface area contributed by atoms with E-state index in [2.05, 4.69) is 21.2 Å². The van der Waals surface area contributed by atoms with Gasteiger partial charge in [-0.3, -0.25) is 14.4 Å². The number of ether oxygens (including phenoxy) is 1. The normalized spacial score (nSPS) is 12.0. The summed E-state index contributed by atoms with van der Waals surface area (Å²) in [7, 11) is 0. The number of nitrogens with one attached hydrogen (secondary N) is 1. The molecule has 1 aliphatic rings. The monoisotopic (exact) mass is 512 g/mol. The summed E-state index contributed by atoms with van der Waals surface area (Å²) in [6, 6.07) is 24.0. The van der Waals surface area contributed by atoms with Crippen LogP contribution in [-0.4, -0.2) is 17.5 Å². The van der Waals surface area contributed by atoms with Gasteiger partial charge >= 0.3 is 0 Å². The first-order chi connectivity index (χ1) is 16.5. The average Bonchev–Trinajstić information content (AvgIpc) is 2.85. The fraction of sp³-hybridized carbons (Fsp3) is 0. The first kappa shape index (κ1) is 21.6. The molecule has 0 saturated heterocycles. The highest BCUT2D eigenvalue weighted by Crippen LogP contribution is 2.39. The van der Waals surface area contributed by atoms with Crippen molar-refractivity contribution in [1.29, 1.82) is 0 Å². The number of carbonyl (C=O) groups excluding carboxylic acids is 3. The number of rotatable bonds is 4. The number of anilines is 2. The molecule has 1 amide bonds. The molecule has 0 atom stereocenters. The van der Waals surface area contributed by atoms with E-state index in [-0.39, 0.29) is 50.8 Å². The summed E-state index contributed by atoms with van der Waals surface area (Å²) in [4.78, 5) is 39.9. The van der Waals surface area contributed by atoms with Crippen molar-refractivity contribution in [2.24, 2.45) is 0 Å². The van der Waals surface area contributed by atoms with Crippen LogP contribution in [0.4, 0.5) is 11.4 Å². The quantitative estimate of drug-likeness (QED) is 0.294. The van der Waals surface area contributed by atoms with Crippen LogP contribution in [0.25, 0.3) is 0 Å². The topological polar surface area (TPSA) is 98.5 Å². The fourth-order valence-corrected chi connectivity index (χ4v) is 4.36. The minimum Gasteiger partial charge on any atom is -0.457 e. The average molecular weight is 513 g/mol. The minimum absolute atomic E-state index is 0.0687. The predicted molar refractivity (Wildman–Crippen MR) is 133 cm³/mol. The number of halogens is 1. The first-order valence-corrected chi connectivity index (χ1v) is 11.2. The summed E-state index contributed by atoms with van der Waals surface area (Å²) in [6.07, 6.45) is 0. The summed E-state index contributed by atoms with van der Waals surface area (Å²) in [5.41, 5.74) is 7.47. The summed E-state index contributed by atoms with van der Waals surface area (Å²) in [6.45, 7) is 0. The fourth-order valence-electron chi connectivity index (χ4n) is 3.93. The summed E-state index contributed by atoms with van der Waals surface area (Å²) < 4.78 is 6.30. The Hall–Kier alpha value is -4.23. The Morgan fingerprint density at radius 1 is 0.794 bits per heavy atom. The van der Waals surface area contributed by atoms with Crippen molar-refractivity contribution in [3.63, 3.8) is 0 Å². The Bertz CT molecular complexity index is 1480. The third kappa shape index (κ3) is 3.66. The SMILES string of the molecule is Nc1c(Br)cc(NC(=O)c2ccccc2Oc2ccccc2)c2c1C(=O)c1ccccc1C2=O. The maximum Gasteiger partial charge on any atom is 0.259 e. The van der Waals surface area contributed by atoms with Gasteiger partial charge in [0.15, 0.2) is 11.6 Å². The van der Waals surface area contributed by atoms with Crippen molar-refractivity contribution < 1.29 is 19.1 Å². The first-order valence-electron chi connectivity index (χ1n) is 10.4. The lowest BCUT2D eigenvalue weighted by atomic mass is 9.82. The molecule has 0 radical (unpaired) electrons. The lowest BCUT2D eigenvalue weighted by Crippen LogP contribution is -2.25. The number of fused-ring (bicyclic) bond motifs is 2. The van der Waals surface area contributed by atoms with E-state index in [1.165, 1.54) is 6.07 Å². The van der Waals surface area contributed by atoms with E-state index in [4.69, 9.17) is 10.5 Å². The third-order valence-electron chi connectivity index (χ3n) is 5.54. The van der Waals surface area contributed by atoms with Crippen LogP contribution < -0.4 is 15.8 Å². The minimum atomic E-state index is -0.496. The van der Waals surface area contributed by atoms with E-state index in [9.17, 15) is 14.4 Å². The van der Waals surface area contributed by atoms with Gasteiger partial charge in [0, 0.05) is 15.6 Å². The number of nitrogen functional groups attached to an aromatic ring is 1. The number of hydrogen-bond acceptors (Lipinski definition) is 5. The summed E-state index contributed by atoms with van der Waals surface area (Å²) in [5, 5.41) is 2.78. The van der Waals surface area contributed by atoms with E-state index in [0.29, 0.717) is 16.0 Å². The van der Waals surface area contributed by atoms with Gasteiger partial charge in [-0.2, -0.15) is 0 Å². The van der Waals surface area contributed by atoms with Crippen LogP contribution in [0.3, 0.4) is 0 Å². The number of hydrogen-bond donors (Lipinski definition) is 2. The van der Waals surface area contributed by atoms with Crippen molar-refractivity contribution in [3.8, 4) is 11.5 Å². The van der Waals surface area contributed by atoms with E-state index < -0.39 is 5.91 Å². The number of nitrogens with two attached hydrogens (primary N) is 1. The molecular weight excluding hydrogens is 496 g/mol. The molecule has 0 saturated carbocycles. The van der Waals surface area contributed by atoms with E-state index in [1.54, 1.807) is 60.7 Å². The molecule has 34 heavy (non-hydrogen) atoms. The number of benzene rings is 4. The Morgan fingerprint density at radius 2 is 1.38 bits per heavy atom. The molecule has 4 aromatic carbocycles.